The molecule has 4 rings (SSSR count). The second-order valence-corrected chi connectivity index (χ2v) is 9.42. The van der Waals surface area contributed by atoms with Gasteiger partial charge >= 0.3 is 0 Å². The number of methoxy groups -OCH3 is 1. The van der Waals surface area contributed by atoms with Crippen LogP contribution in [0.5, 0.6) is 5.75 Å². The first-order chi connectivity index (χ1) is 16.5. The van der Waals surface area contributed by atoms with E-state index < -0.39 is 5.54 Å². The molecule has 2 aromatic rings. The predicted octanol–water partition coefficient (Wildman–Crippen LogP) is 3.65. The molecule has 8 heteroatoms. The molecule has 8 nitrogen and oxygen atoms in total. The van der Waals surface area contributed by atoms with Crippen molar-refractivity contribution in [3.8, 4) is 17.0 Å². The fourth-order valence-corrected chi connectivity index (χ4v) is 4.98. The van der Waals surface area contributed by atoms with Gasteiger partial charge in [-0.05, 0) is 63.4 Å². The number of rotatable bonds is 9. The van der Waals surface area contributed by atoms with Crippen LogP contribution in [0.3, 0.4) is 0 Å². The van der Waals surface area contributed by atoms with Gasteiger partial charge in [-0.25, -0.2) is 0 Å². The summed E-state index contributed by atoms with van der Waals surface area (Å²) < 4.78 is 12.4. The number of fused-ring (bicyclic) bond motifs is 1. The van der Waals surface area contributed by atoms with Crippen LogP contribution in [0.1, 0.15) is 62.9 Å². The van der Waals surface area contributed by atoms with Gasteiger partial charge in [0.25, 0.3) is 5.91 Å². The van der Waals surface area contributed by atoms with Gasteiger partial charge in [0.1, 0.15) is 17.0 Å². The van der Waals surface area contributed by atoms with E-state index in [1.807, 2.05) is 44.2 Å². The van der Waals surface area contributed by atoms with Crippen molar-refractivity contribution in [3.63, 3.8) is 0 Å². The maximum absolute atomic E-state index is 13.6. The van der Waals surface area contributed by atoms with Gasteiger partial charge in [-0.2, -0.15) is 5.10 Å². The van der Waals surface area contributed by atoms with E-state index in [2.05, 4.69) is 5.32 Å². The molecule has 1 atom stereocenters. The fraction of sp³-hybridized carbons (Fsp3) is 0.577. The van der Waals surface area contributed by atoms with Crippen LogP contribution in [0.2, 0.25) is 0 Å². The SMILES string of the molecule is CCOc1ccc(-c2cc3n(n2)C[C@@](C)(C(=O)NC2CCCCC2)N(CCCOC)C3=O)cc1. The first-order valence-corrected chi connectivity index (χ1v) is 12.4. The van der Waals surface area contributed by atoms with Gasteiger partial charge < -0.3 is 19.7 Å². The van der Waals surface area contributed by atoms with Gasteiger partial charge in [0, 0.05) is 31.9 Å². The third kappa shape index (κ3) is 4.97. The molecular formula is C26H36N4O4. The van der Waals surface area contributed by atoms with Crippen LogP contribution in [0.4, 0.5) is 0 Å². The van der Waals surface area contributed by atoms with E-state index in [1.165, 1.54) is 6.42 Å². The molecule has 1 saturated carbocycles. The Morgan fingerprint density at radius 1 is 1.21 bits per heavy atom. The minimum atomic E-state index is -1.02. The molecule has 2 aliphatic rings. The van der Waals surface area contributed by atoms with Crippen molar-refractivity contribution in [2.75, 3.05) is 26.9 Å². The third-order valence-corrected chi connectivity index (χ3v) is 6.92. The van der Waals surface area contributed by atoms with Crippen molar-refractivity contribution in [2.45, 2.75) is 70.5 Å². The molecule has 0 spiro atoms. The lowest BCUT2D eigenvalue weighted by Gasteiger charge is -2.44. The summed E-state index contributed by atoms with van der Waals surface area (Å²) in [4.78, 5) is 28.9. The fourth-order valence-electron chi connectivity index (χ4n) is 4.98. The summed E-state index contributed by atoms with van der Waals surface area (Å²) in [5.74, 6) is 0.518. The maximum atomic E-state index is 13.6. The number of benzene rings is 1. The zero-order valence-corrected chi connectivity index (χ0v) is 20.5. The van der Waals surface area contributed by atoms with Crippen molar-refractivity contribution in [3.05, 3.63) is 36.0 Å². The quantitative estimate of drug-likeness (QED) is 0.568. The topological polar surface area (TPSA) is 85.7 Å². The van der Waals surface area contributed by atoms with Gasteiger partial charge in [-0.15, -0.1) is 0 Å². The average molecular weight is 469 g/mol. The van der Waals surface area contributed by atoms with Crippen LogP contribution in [-0.4, -0.2) is 64.9 Å². The average Bonchev–Trinajstić information content (AvgIpc) is 3.26. The number of carbonyl (C=O) groups excluding carboxylic acids is 2. The van der Waals surface area contributed by atoms with Crippen molar-refractivity contribution in [2.24, 2.45) is 0 Å². The van der Waals surface area contributed by atoms with Crippen LogP contribution < -0.4 is 10.1 Å². The molecule has 0 unspecified atom stereocenters. The van der Waals surface area contributed by atoms with Crippen molar-refractivity contribution in [1.29, 1.82) is 0 Å². The summed E-state index contributed by atoms with van der Waals surface area (Å²) in [5, 5.41) is 7.96. The van der Waals surface area contributed by atoms with Gasteiger partial charge in [-0.3, -0.25) is 14.3 Å². The first kappa shape index (κ1) is 24.3. The second-order valence-electron chi connectivity index (χ2n) is 9.42. The lowest BCUT2D eigenvalue weighted by molar-refractivity contribution is -0.134. The molecule has 1 aromatic carbocycles. The van der Waals surface area contributed by atoms with Gasteiger partial charge in [0.15, 0.2) is 0 Å². The summed E-state index contributed by atoms with van der Waals surface area (Å²) in [6, 6.07) is 9.67. The molecule has 0 bridgehead atoms. The molecule has 2 amide bonds. The Labute approximate surface area is 201 Å². The van der Waals surface area contributed by atoms with Crippen LogP contribution >= 0.6 is 0 Å². The Hall–Kier alpha value is -2.87. The summed E-state index contributed by atoms with van der Waals surface area (Å²) in [6.07, 6.45) is 6.13. The summed E-state index contributed by atoms with van der Waals surface area (Å²) in [7, 11) is 1.64. The normalized spacial score (nSPS) is 20.8. The number of nitrogens with one attached hydrogen (secondary N) is 1. The number of amides is 2. The zero-order chi connectivity index (χ0) is 24.1. The molecule has 0 saturated heterocycles. The minimum absolute atomic E-state index is 0.103. The maximum Gasteiger partial charge on any atom is 0.273 e. The number of hydrogen-bond donors (Lipinski definition) is 1. The number of hydrogen-bond acceptors (Lipinski definition) is 5. The van der Waals surface area contributed by atoms with Crippen molar-refractivity contribution < 1.29 is 19.1 Å². The highest BCUT2D eigenvalue weighted by molar-refractivity contribution is 6.00. The molecule has 0 radical (unpaired) electrons. The van der Waals surface area contributed by atoms with Crippen LogP contribution in [0, 0.1) is 0 Å². The number of carbonyl (C=O) groups is 2. The predicted molar refractivity (Wildman–Crippen MR) is 130 cm³/mol. The molecule has 1 N–H and O–H groups in total. The first-order valence-electron chi connectivity index (χ1n) is 12.4. The molecule has 1 aliphatic carbocycles. The highest BCUT2D eigenvalue weighted by Crippen LogP contribution is 2.31. The molecule has 34 heavy (non-hydrogen) atoms. The Kier molecular flexibility index (Phi) is 7.56. The number of nitrogens with zero attached hydrogens (tertiary/aromatic N) is 3. The van der Waals surface area contributed by atoms with E-state index in [0.29, 0.717) is 44.1 Å². The lowest BCUT2D eigenvalue weighted by Crippen LogP contribution is -2.65. The molecule has 1 aromatic heterocycles. The van der Waals surface area contributed by atoms with E-state index >= 15 is 0 Å². The number of aromatic nitrogens is 2. The van der Waals surface area contributed by atoms with E-state index in [4.69, 9.17) is 14.6 Å². The van der Waals surface area contributed by atoms with Crippen molar-refractivity contribution in [1.82, 2.24) is 20.0 Å². The van der Waals surface area contributed by atoms with Crippen LogP contribution in [0.25, 0.3) is 11.3 Å². The summed E-state index contributed by atoms with van der Waals surface area (Å²) in [5.41, 5.74) is 1.10. The summed E-state index contributed by atoms with van der Waals surface area (Å²) >= 11 is 0. The minimum Gasteiger partial charge on any atom is -0.494 e. The van der Waals surface area contributed by atoms with Gasteiger partial charge in [0.05, 0.1) is 18.8 Å². The van der Waals surface area contributed by atoms with Crippen LogP contribution in [-0.2, 0) is 16.1 Å². The Morgan fingerprint density at radius 3 is 2.62 bits per heavy atom. The molecule has 1 aliphatic heterocycles. The van der Waals surface area contributed by atoms with E-state index in [9.17, 15) is 9.59 Å². The van der Waals surface area contributed by atoms with Crippen molar-refractivity contribution >= 4 is 11.8 Å². The molecular weight excluding hydrogens is 432 g/mol. The summed E-state index contributed by atoms with van der Waals surface area (Å²) in [6.45, 7) is 5.70. The largest absolute Gasteiger partial charge is 0.494 e. The van der Waals surface area contributed by atoms with Crippen LogP contribution in [0.15, 0.2) is 30.3 Å². The zero-order valence-electron chi connectivity index (χ0n) is 20.5. The van der Waals surface area contributed by atoms with E-state index in [-0.39, 0.29) is 17.9 Å². The lowest BCUT2D eigenvalue weighted by atomic mass is 9.91. The second kappa shape index (κ2) is 10.6. The number of ether oxygens (including phenoxy) is 2. The highest BCUT2D eigenvalue weighted by Gasteiger charge is 2.48. The van der Waals surface area contributed by atoms with E-state index in [1.54, 1.807) is 16.7 Å². The molecule has 184 valence electrons. The smallest absolute Gasteiger partial charge is 0.273 e. The Morgan fingerprint density at radius 2 is 1.94 bits per heavy atom. The van der Waals surface area contributed by atoms with Gasteiger partial charge in [-0.1, -0.05) is 19.3 Å². The monoisotopic (exact) mass is 468 g/mol. The van der Waals surface area contributed by atoms with E-state index in [0.717, 1.165) is 37.0 Å². The molecule has 1 fully saturated rings. The standard InChI is InChI=1S/C26H36N4O4/c1-4-34-21-13-11-19(12-14-21)22-17-23-24(31)29(15-8-16-33-3)26(2,18-30(23)28-22)25(32)27-20-9-6-5-7-10-20/h11-14,17,20H,4-10,15-16,18H2,1-3H3,(H,27,32)/t26-/m0/s1. The Bertz CT molecular complexity index is 997. The highest BCUT2D eigenvalue weighted by atomic mass is 16.5. The Balaban J connectivity index is 1.61. The third-order valence-electron chi connectivity index (χ3n) is 6.92. The van der Waals surface area contributed by atoms with Gasteiger partial charge in [0.2, 0.25) is 5.91 Å². The molecule has 2 heterocycles.